The van der Waals surface area contributed by atoms with Crippen molar-refractivity contribution >= 4 is 34.9 Å². The SMILES string of the molecule is O=C(OCc1cc(Cl)nc(Cl)c1)c1ccccc1[N+](=O)[O-]. The first-order valence-electron chi connectivity index (χ1n) is 5.70. The first-order valence-corrected chi connectivity index (χ1v) is 6.45. The van der Waals surface area contributed by atoms with Crippen molar-refractivity contribution in [2.24, 2.45) is 0 Å². The summed E-state index contributed by atoms with van der Waals surface area (Å²) in [6, 6.07) is 8.52. The maximum absolute atomic E-state index is 11.9. The van der Waals surface area contributed by atoms with Gasteiger partial charge in [-0.05, 0) is 23.8 Å². The van der Waals surface area contributed by atoms with Gasteiger partial charge in [0, 0.05) is 6.07 Å². The van der Waals surface area contributed by atoms with Gasteiger partial charge in [0.05, 0.1) is 4.92 Å². The van der Waals surface area contributed by atoms with Crippen LogP contribution in [-0.4, -0.2) is 15.9 Å². The van der Waals surface area contributed by atoms with Gasteiger partial charge in [0.15, 0.2) is 0 Å². The molecule has 0 aliphatic heterocycles. The Kier molecular flexibility index (Phi) is 4.72. The minimum absolute atomic E-state index is 0.117. The lowest BCUT2D eigenvalue weighted by molar-refractivity contribution is -0.385. The number of rotatable bonds is 4. The van der Waals surface area contributed by atoms with Crippen LogP contribution in [0.2, 0.25) is 10.3 Å². The zero-order valence-electron chi connectivity index (χ0n) is 10.5. The fourth-order valence-electron chi connectivity index (χ4n) is 1.63. The monoisotopic (exact) mass is 326 g/mol. The number of carbonyl (C=O) groups is 1. The molecule has 0 saturated heterocycles. The van der Waals surface area contributed by atoms with Crippen LogP contribution in [0, 0.1) is 10.1 Å². The molecule has 0 saturated carbocycles. The number of hydrogen-bond donors (Lipinski definition) is 0. The van der Waals surface area contributed by atoms with Gasteiger partial charge >= 0.3 is 5.97 Å². The van der Waals surface area contributed by atoms with E-state index in [0.717, 1.165) is 0 Å². The second kappa shape index (κ2) is 6.51. The third-order valence-corrected chi connectivity index (χ3v) is 2.90. The molecule has 0 spiro atoms. The molecule has 0 radical (unpaired) electrons. The average Bonchev–Trinajstić information content (AvgIpc) is 2.43. The summed E-state index contributed by atoms with van der Waals surface area (Å²) in [5.41, 5.74) is 0.106. The van der Waals surface area contributed by atoms with E-state index in [9.17, 15) is 14.9 Å². The van der Waals surface area contributed by atoms with Gasteiger partial charge in [-0.2, -0.15) is 0 Å². The van der Waals surface area contributed by atoms with Gasteiger partial charge in [0.2, 0.25) is 0 Å². The molecule has 0 amide bonds. The van der Waals surface area contributed by atoms with Gasteiger partial charge in [-0.15, -0.1) is 0 Å². The van der Waals surface area contributed by atoms with Crippen molar-refractivity contribution in [1.29, 1.82) is 0 Å². The van der Waals surface area contributed by atoms with Crippen LogP contribution >= 0.6 is 23.2 Å². The van der Waals surface area contributed by atoms with E-state index in [4.69, 9.17) is 27.9 Å². The van der Waals surface area contributed by atoms with E-state index in [1.165, 1.54) is 36.4 Å². The highest BCUT2D eigenvalue weighted by molar-refractivity contribution is 6.32. The number of hydrogen-bond acceptors (Lipinski definition) is 5. The van der Waals surface area contributed by atoms with Crippen LogP contribution in [0.4, 0.5) is 5.69 Å². The summed E-state index contributed by atoms with van der Waals surface area (Å²) in [6.45, 7) is -0.118. The molecule has 2 aromatic rings. The van der Waals surface area contributed by atoms with E-state index in [0.29, 0.717) is 5.56 Å². The molecule has 21 heavy (non-hydrogen) atoms. The summed E-state index contributed by atoms with van der Waals surface area (Å²) in [7, 11) is 0. The predicted molar refractivity (Wildman–Crippen MR) is 76.5 cm³/mol. The molecule has 2 rings (SSSR count). The van der Waals surface area contributed by atoms with E-state index in [2.05, 4.69) is 4.98 Å². The number of pyridine rings is 1. The quantitative estimate of drug-likeness (QED) is 0.370. The van der Waals surface area contributed by atoms with E-state index in [-0.39, 0.29) is 28.2 Å². The van der Waals surface area contributed by atoms with Crippen molar-refractivity contribution in [1.82, 2.24) is 4.98 Å². The molecular formula is C13H8Cl2N2O4. The Hall–Kier alpha value is -2.18. The number of para-hydroxylation sites is 1. The number of carbonyl (C=O) groups excluding carboxylic acids is 1. The number of aromatic nitrogens is 1. The molecule has 8 heteroatoms. The lowest BCUT2D eigenvalue weighted by Gasteiger charge is -2.06. The Balaban J connectivity index is 2.14. The molecule has 0 atom stereocenters. The molecule has 6 nitrogen and oxygen atoms in total. The van der Waals surface area contributed by atoms with Gasteiger partial charge in [-0.3, -0.25) is 10.1 Å². The van der Waals surface area contributed by atoms with E-state index >= 15 is 0 Å². The number of nitrogens with zero attached hydrogens (tertiary/aromatic N) is 2. The van der Waals surface area contributed by atoms with Gasteiger partial charge in [0.1, 0.15) is 22.5 Å². The Morgan fingerprint density at radius 1 is 1.24 bits per heavy atom. The number of nitro groups is 1. The van der Waals surface area contributed by atoms with Crippen LogP contribution < -0.4 is 0 Å². The summed E-state index contributed by atoms with van der Waals surface area (Å²) in [5.74, 6) is -0.800. The largest absolute Gasteiger partial charge is 0.457 e. The van der Waals surface area contributed by atoms with E-state index in [1.807, 2.05) is 0 Å². The summed E-state index contributed by atoms with van der Waals surface area (Å²) in [6.07, 6.45) is 0. The molecule has 1 aromatic carbocycles. The van der Waals surface area contributed by atoms with Crippen LogP contribution in [0.3, 0.4) is 0 Å². The number of nitro benzene ring substituents is 1. The highest BCUT2D eigenvalue weighted by Crippen LogP contribution is 2.20. The van der Waals surface area contributed by atoms with Crippen molar-refractivity contribution < 1.29 is 14.5 Å². The summed E-state index contributed by atoms with van der Waals surface area (Å²) < 4.78 is 5.03. The van der Waals surface area contributed by atoms with Crippen LogP contribution in [0.15, 0.2) is 36.4 Å². The molecule has 108 valence electrons. The molecule has 0 unspecified atom stereocenters. The van der Waals surface area contributed by atoms with Crippen molar-refractivity contribution in [2.45, 2.75) is 6.61 Å². The summed E-state index contributed by atoms with van der Waals surface area (Å²) in [4.78, 5) is 25.9. The molecule has 0 N–H and O–H groups in total. The number of benzene rings is 1. The number of halogens is 2. The van der Waals surface area contributed by atoms with Crippen molar-refractivity contribution in [3.8, 4) is 0 Å². The topological polar surface area (TPSA) is 82.3 Å². The summed E-state index contributed by atoms with van der Waals surface area (Å²) >= 11 is 11.4. The molecule has 1 aromatic heterocycles. The Bertz CT molecular complexity index is 686. The van der Waals surface area contributed by atoms with Crippen molar-refractivity contribution in [3.63, 3.8) is 0 Å². The zero-order chi connectivity index (χ0) is 15.4. The molecule has 0 aliphatic rings. The van der Waals surface area contributed by atoms with Gasteiger partial charge in [-0.1, -0.05) is 35.3 Å². The van der Waals surface area contributed by atoms with Gasteiger partial charge in [-0.25, -0.2) is 9.78 Å². The third kappa shape index (κ3) is 3.90. The third-order valence-electron chi connectivity index (χ3n) is 2.51. The second-order valence-corrected chi connectivity index (χ2v) is 4.75. The Morgan fingerprint density at radius 2 is 1.86 bits per heavy atom. The van der Waals surface area contributed by atoms with Gasteiger partial charge in [0.25, 0.3) is 5.69 Å². The van der Waals surface area contributed by atoms with Crippen LogP contribution in [-0.2, 0) is 11.3 Å². The zero-order valence-corrected chi connectivity index (χ0v) is 12.0. The lowest BCUT2D eigenvalue weighted by atomic mass is 10.2. The minimum Gasteiger partial charge on any atom is -0.457 e. The van der Waals surface area contributed by atoms with E-state index < -0.39 is 10.9 Å². The van der Waals surface area contributed by atoms with E-state index in [1.54, 1.807) is 0 Å². The number of ether oxygens (including phenoxy) is 1. The first kappa shape index (κ1) is 15.2. The number of esters is 1. The minimum atomic E-state index is -0.800. The molecule has 0 fully saturated rings. The summed E-state index contributed by atoms with van der Waals surface area (Å²) in [5, 5.41) is 11.2. The molecule has 0 bridgehead atoms. The van der Waals surface area contributed by atoms with Gasteiger partial charge < -0.3 is 4.74 Å². The first-order chi connectivity index (χ1) is 9.97. The second-order valence-electron chi connectivity index (χ2n) is 3.97. The van der Waals surface area contributed by atoms with Crippen LogP contribution in [0.25, 0.3) is 0 Å². The highest BCUT2D eigenvalue weighted by atomic mass is 35.5. The van der Waals surface area contributed by atoms with Crippen LogP contribution in [0.1, 0.15) is 15.9 Å². The molecule has 1 heterocycles. The Labute approximate surface area is 129 Å². The maximum atomic E-state index is 11.9. The fraction of sp³-hybridized carbons (Fsp3) is 0.0769. The Morgan fingerprint density at radius 3 is 2.48 bits per heavy atom. The molecule has 0 aliphatic carbocycles. The molecular weight excluding hydrogens is 319 g/mol. The predicted octanol–water partition coefficient (Wildman–Crippen LogP) is 3.65. The fourth-order valence-corrected chi connectivity index (χ4v) is 2.14. The average molecular weight is 327 g/mol. The standard InChI is InChI=1S/C13H8Cl2N2O4/c14-11-5-8(6-12(15)16-11)7-21-13(18)9-3-1-2-4-10(9)17(19)20/h1-6H,7H2. The van der Waals surface area contributed by atoms with Crippen LogP contribution in [0.5, 0.6) is 0 Å². The van der Waals surface area contributed by atoms with Crippen molar-refractivity contribution in [2.75, 3.05) is 0 Å². The van der Waals surface area contributed by atoms with Crippen molar-refractivity contribution in [3.05, 3.63) is 67.9 Å². The highest BCUT2D eigenvalue weighted by Gasteiger charge is 2.20. The smallest absolute Gasteiger partial charge is 0.345 e. The normalized spacial score (nSPS) is 10.2. The lowest BCUT2D eigenvalue weighted by Crippen LogP contribution is -2.08. The maximum Gasteiger partial charge on any atom is 0.345 e.